The van der Waals surface area contributed by atoms with Gasteiger partial charge in [0.15, 0.2) is 0 Å². The molecule has 1 atom stereocenters. The molecule has 26 heavy (non-hydrogen) atoms. The Balaban J connectivity index is 1.53. The molecule has 3 rings (SSSR count). The van der Waals surface area contributed by atoms with Crippen molar-refractivity contribution in [2.45, 2.75) is 12.5 Å². The molecule has 0 aliphatic carbocycles. The molecule has 1 amide bonds. The Morgan fingerprint density at radius 3 is 2.65 bits per heavy atom. The largest absolute Gasteiger partial charge is 0.497 e. The van der Waals surface area contributed by atoms with E-state index in [2.05, 4.69) is 9.97 Å². The predicted octanol–water partition coefficient (Wildman–Crippen LogP) is 2.19. The lowest BCUT2D eigenvalue weighted by Crippen LogP contribution is -2.29. The molecule has 0 radical (unpaired) electrons. The molecule has 136 valence electrons. The van der Waals surface area contributed by atoms with Crippen molar-refractivity contribution in [2.24, 2.45) is 0 Å². The fourth-order valence-electron chi connectivity index (χ4n) is 2.67. The van der Waals surface area contributed by atoms with Crippen LogP contribution in [0.25, 0.3) is 6.08 Å². The Morgan fingerprint density at radius 2 is 1.92 bits per heavy atom. The molecule has 1 aromatic heterocycles. The van der Waals surface area contributed by atoms with Crippen LogP contribution in [0.1, 0.15) is 12.0 Å². The minimum absolute atomic E-state index is 0.0383. The molecule has 1 unspecified atom stereocenters. The van der Waals surface area contributed by atoms with Crippen molar-refractivity contribution in [3.8, 4) is 17.5 Å². The molecule has 0 saturated carbocycles. The number of rotatable bonds is 6. The van der Waals surface area contributed by atoms with E-state index in [-0.39, 0.29) is 12.0 Å². The highest BCUT2D eigenvalue weighted by Gasteiger charge is 2.26. The van der Waals surface area contributed by atoms with E-state index in [0.717, 1.165) is 17.7 Å². The average Bonchev–Trinajstić information content (AvgIpc) is 3.15. The van der Waals surface area contributed by atoms with Gasteiger partial charge in [-0.15, -0.1) is 0 Å². The first-order valence-corrected chi connectivity index (χ1v) is 8.31. The van der Waals surface area contributed by atoms with Crippen molar-refractivity contribution in [1.82, 2.24) is 14.9 Å². The van der Waals surface area contributed by atoms with Crippen molar-refractivity contribution in [1.29, 1.82) is 0 Å². The number of nitrogens with zero attached hydrogens (tertiary/aromatic N) is 3. The van der Waals surface area contributed by atoms with Crippen LogP contribution in [-0.2, 0) is 4.79 Å². The highest BCUT2D eigenvalue weighted by Crippen LogP contribution is 2.18. The van der Waals surface area contributed by atoms with Gasteiger partial charge in [-0.3, -0.25) is 9.78 Å². The molecule has 0 bridgehead atoms. The number of methoxy groups -OCH3 is 2. The fourth-order valence-corrected chi connectivity index (χ4v) is 2.67. The number of hydrogen-bond donors (Lipinski definition) is 0. The van der Waals surface area contributed by atoms with Crippen LogP contribution in [0.3, 0.4) is 0 Å². The number of amides is 1. The molecule has 7 nitrogen and oxygen atoms in total. The van der Waals surface area contributed by atoms with E-state index in [1.807, 2.05) is 24.3 Å². The first-order chi connectivity index (χ1) is 12.7. The number of ether oxygens (including phenoxy) is 3. The van der Waals surface area contributed by atoms with Crippen LogP contribution >= 0.6 is 0 Å². The van der Waals surface area contributed by atoms with Crippen molar-refractivity contribution >= 4 is 12.0 Å². The van der Waals surface area contributed by atoms with Crippen LogP contribution in [0.5, 0.6) is 17.5 Å². The maximum atomic E-state index is 12.4. The smallest absolute Gasteiger partial charge is 0.246 e. The van der Waals surface area contributed by atoms with Gasteiger partial charge >= 0.3 is 0 Å². The fraction of sp³-hybridized carbons (Fsp3) is 0.316. The Kier molecular flexibility index (Phi) is 5.68. The van der Waals surface area contributed by atoms with E-state index in [0.29, 0.717) is 24.8 Å². The summed E-state index contributed by atoms with van der Waals surface area (Å²) in [6, 6.07) is 7.53. The first-order valence-electron chi connectivity index (χ1n) is 8.31. The second-order valence-corrected chi connectivity index (χ2v) is 5.82. The molecule has 0 spiro atoms. The van der Waals surface area contributed by atoms with Crippen molar-refractivity contribution < 1.29 is 19.0 Å². The molecule has 1 saturated heterocycles. The average molecular weight is 355 g/mol. The van der Waals surface area contributed by atoms with Gasteiger partial charge in [0.05, 0.1) is 33.2 Å². The zero-order chi connectivity index (χ0) is 18.4. The summed E-state index contributed by atoms with van der Waals surface area (Å²) in [4.78, 5) is 22.3. The highest BCUT2D eigenvalue weighted by molar-refractivity contribution is 5.92. The Labute approximate surface area is 152 Å². The third kappa shape index (κ3) is 4.50. The summed E-state index contributed by atoms with van der Waals surface area (Å²) in [5, 5.41) is 0. The van der Waals surface area contributed by atoms with Gasteiger partial charge < -0.3 is 19.1 Å². The van der Waals surface area contributed by atoms with Crippen LogP contribution in [0.15, 0.2) is 42.7 Å². The number of hydrogen-bond acceptors (Lipinski definition) is 6. The van der Waals surface area contributed by atoms with E-state index in [1.54, 1.807) is 24.2 Å². The maximum absolute atomic E-state index is 12.4. The van der Waals surface area contributed by atoms with E-state index in [9.17, 15) is 4.79 Å². The summed E-state index contributed by atoms with van der Waals surface area (Å²) >= 11 is 0. The summed E-state index contributed by atoms with van der Waals surface area (Å²) < 4.78 is 16.0. The van der Waals surface area contributed by atoms with E-state index in [1.165, 1.54) is 19.5 Å². The molecular weight excluding hydrogens is 334 g/mol. The first kappa shape index (κ1) is 17.7. The minimum atomic E-state index is -0.102. The summed E-state index contributed by atoms with van der Waals surface area (Å²) in [5.74, 6) is 1.55. The third-order valence-corrected chi connectivity index (χ3v) is 4.08. The summed E-state index contributed by atoms with van der Waals surface area (Å²) in [5.41, 5.74) is 0.942. The van der Waals surface area contributed by atoms with Crippen molar-refractivity contribution in [3.63, 3.8) is 0 Å². The number of carbonyl (C=O) groups excluding carboxylic acids is 1. The molecule has 7 heteroatoms. The zero-order valence-corrected chi connectivity index (χ0v) is 14.8. The summed E-state index contributed by atoms with van der Waals surface area (Å²) in [6.45, 7) is 1.17. The predicted molar refractivity (Wildman–Crippen MR) is 96.2 cm³/mol. The quantitative estimate of drug-likeness (QED) is 0.740. The van der Waals surface area contributed by atoms with Crippen LogP contribution in [-0.4, -0.2) is 54.2 Å². The van der Waals surface area contributed by atoms with E-state index in [4.69, 9.17) is 14.2 Å². The van der Waals surface area contributed by atoms with Crippen LogP contribution in [0.2, 0.25) is 0 Å². The minimum Gasteiger partial charge on any atom is -0.497 e. The second-order valence-electron chi connectivity index (χ2n) is 5.82. The maximum Gasteiger partial charge on any atom is 0.246 e. The topological polar surface area (TPSA) is 73.8 Å². The van der Waals surface area contributed by atoms with Gasteiger partial charge in [-0.25, -0.2) is 0 Å². The third-order valence-electron chi connectivity index (χ3n) is 4.08. The summed E-state index contributed by atoms with van der Waals surface area (Å²) in [6.07, 6.45) is 7.08. The molecule has 1 fully saturated rings. The van der Waals surface area contributed by atoms with Gasteiger partial charge in [-0.1, -0.05) is 12.1 Å². The van der Waals surface area contributed by atoms with Crippen LogP contribution < -0.4 is 14.2 Å². The lowest BCUT2D eigenvalue weighted by molar-refractivity contribution is -0.125. The van der Waals surface area contributed by atoms with Gasteiger partial charge in [-0.2, -0.15) is 4.98 Å². The lowest BCUT2D eigenvalue weighted by Gasteiger charge is -2.15. The molecular formula is C19H21N3O4. The monoisotopic (exact) mass is 355 g/mol. The molecule has 1 aliphatic heterocycles. The van der Waals surface area contributed by atoms with Crippen molar-refractivity contribution in [3.05, 3.63) is 48.3 Å². The zero-order valence-electron chi connectivity index (χ0n) is 14.8. The number of benzene rings is 1. The molecule has 1 aliphatic rings. The molecule has 1 aromatic carbocycles. The lowest BCUT2D eigenvalue weighted by atomic mass is 10.2. The molecule has 0 N–H and O–H groups in total. The van der Waals surface area contributed by atoms with Gasteiger partial charge in [0, 0.05) is 19.0 Å². The Bertz CT molecular complexity index is 777. The van der Waals surface area contributed by atoms with Gasteiger partial charge in [0.2, 0.25) is 17.7 Å². The summed E-state index contributed by atoms with van der Waals surface area (Å²) in [7, 11) is 3.15. The van der Waals surface area contributed by atoms with Gasteiger partial charge in [-0.05, 0) is 23.8 Å². The van der Waals surface area contributed by atoms with Crippen LogP contribution in [0.4, 0.5) is 0 Å². The van der Waals surface area contributed by atoms with Crippen molar-refractivity contribution in [2.75, 3.05) is 27.3 Å². The number of carbonyl (C=O) groups is 1. The normalized spacial score (nSPS) is 16.7. The standard InChI is InChI=1S/C19H21N3O4/c1-24-15-6-3-14(4-7-15)5-8-19(23)22-10-9-16(13-22)26-18-12-20-11-17(21-18)25-2/h3-8,11-12,16H,9-10,13H2,1-2H3/b8-5+. The molecule has 2 aromatic rings. The molecule has 2 heterocycles. The van der Waals surface area contributed by atoms with E-state index < -0.39 is 0 Å². The Morgan fingerprint density at radius 1 is 1.15 bits per heavy atom. The van der Waals surface area contributed by atoms with E-state index >= 15 is 0 Å². The number of likely N-dealkylation sites (tertiary alicyclic amines) is 1. The second kappa shape index (κ2) is 8.33. The Hall–Kier alpha value is -3.09. The van der Waals surface area contributed by atoms with Gasteiger partial charge in [0.25, 0.3) is 0 Å². The van der Waals surface area contributed by atoms with Gasteiger partial charge in [0.1, 0.15) is 11.9 Å². The highest BCUT2D eigenvalue weighted by atomic mass is 16.5. The SMILES string of the molecule is COc1ccc(/C=C/C(=O)N2CCC(Oc3cncc(OC)n3)C2)cc1. The number of aromatic nitrogens is 2. The van der Waals surface area contributed by atoms with Crippen LogP contribution in [0, 0.1) is 0 Å².